The maximum Gasteiger partial charge on any atom is 0.123 e. The fraction of sp³-hybridized carbons (Fsp3) is 0.385. The summed E-state index contributed by atoms with van der Waals surface area (Å²) in [5, 5.41) is 5.55. The van der Waals surface area contributed by atoms with Crippen LogP contribution in [0, 0.1) is 0 Å². The van der Waals surface area contributed by atoms with Gasteiger partial charge in [-0.25, -0.2) is 4.98 Å². The third kappa shape index (κ3) is 2.11. The van der Waals surface area contributed by atoms with Crippen molar-refractivity contribution in [2.75, 3.05) is 12.4 Å². The molecule has 0 spiro atoms. The summed E-state index contributed by atoms with van der Waals surface area (Å²) in [6.45, 7) is 0.524. The van der Waals surface area contributed by atoms with Gasteiger partial charge in [-0.3, -0.25) is 4.98 Å². The molecule has 0 radical (unpaired) electrons. The highest BCUT2D eigenvalue weighted by Crippen LogP contribution is 2.45. The largest absolute Gasteiger partial charge is 0.378 e. The van der Waals surface area contributed by atoms with Gasteiger partial charge in [-0.2, -0.15) is 0 Å². The van der Waals surface area contributed by atoms with Crippen molar-refractivity contribution in [1.82, 2.24) is 9.97 Å². The molecule has 2 heterocycles. The summed E-state index contributed by atoms with van der Waals surface area (Å²) < 4.78 is 0. The van der Waals surface area contributed by atoms with Crippen molar-refractivity contribution in [3.8, 4) is 11.4 Å². The van der Waals surface area contributed by atoms with Crippen molar-refractivity contribution in [3.05, 3.63) is 28.9 Å². The first kappa shape index (κ1) is 11.6. The van der Waals surface area contributed by atoms with Crippen LogP contribution in [0.4, 0.5) is 5.00 Å². The van der Waals surface area contributed by atoms with E-state index in [4.69, 9.17) is 10.7 Å². The van der Waals surface area contributed by atoms with Crippen LogP contribution in [0.3, 0.4) is 0 Å². The fourth-order valence-corrected chi connectivity index (χ4v) is 2.97. The second-order valence-corrected chi connectivity index (χ2v) is 5.54. The quantitative estimate of drug-likeness (QED) is 0.887. The molecule has 0 aromatic carbocycles. The van der Waals surface area contributed by atoms with Gasteiger partial charge < -0.3 is 11.1 Å². The first-order valence-electron chi connectivity index (χ1n) is 6.15. The zero-order valence-electron chi connectivity index (χ0n) is 10.3. The van der Waals surface area contributed by atoms with E-state index in [1.54, 1.807) is 11.3 Å². The van der Waals surface area contributed by atoms with Crippen molar-refractivity contribution < 1.29 is 0 Å². The molecule has 1 saturated carbocycles. The average molecular weight is 260 g/mol. The molecule has 2 aromatic heterocycles. The normalized spacial score (nSPS) is 14.8. The molecule has 0 amide bonds. The Labute approximate surface area is 110 Å². The lowest BCUT2D eigenvalue weighted by molar-refractivity contribution is 1.04. The van der Waals surface area contributed by atoms with Gasteiger partial charge in [0.25, 0.3) is 0 Å². The third-order valence-corrected chi connectivity index (χ3v) is 4.34. The van der Waals surface area contributed by atoms with Crippen LogP contribution in [0.15, 0.2) is 18.3 Å². The fourth-order valence-electron chi connectivity index (χ4n) is 1.87. The molecule has 0 atom stereocenters. The molecule has 1 fully saturated rings. The number of nitrogens with one attached hydrogen (secondary N) is 1. The summed E-state index contributed by atoms with van der Waals surface area (Å²) in [4.78, 5) is 9.18. The lowest BCUT2D eigenvalue weighted by Crippen LogP contribution is -1.97. The number of nitrogens with zero attached hydrogens (tertiary/aromatic N) is 2. The first-order valence-corrected chi connectivity index (χ1v) is 6.97. The van der Waals surface area contributed by atoms with Crippen LogP contribution in [0.1, 0.15) is 29.3 Å². The SMILES string of the molecule is CNc1sc(C2CC2)nc1-c1ccc(CN)cn1. The summed E-state index contributed by atoms with van der Waals surface area (Å²) in [6.07, 6.45) is 4.37. The summed E-state index contributed by atoms with van der Waals surface area (Å²) in [6, 6.07) is 4.01. The second kappa shape index (κ2) is 4.66. The maximum absolute atomic E-state index is 5.58. The number of aromatic nitrogens is 2. The van der Waals surface area contributed by atoms with E-state index in [9.17, 15) is 0 Å². The minimum absolute atomic E-state index is 0.524. The Balaban J connectivity index is 1.97. The smallest absolute Gasteiger partial charge is 0.123 e. The highest BCUT2D eigenvalue weighted by Gasteiger charge is 2.28. The predicted molar refractivity (Wildman–Crippen MR) is 74.8 cm³/mol. The lowest BCUT2D eigenvalue weighted by Gasteiger charge is -2.01. The Hall–Kier alpha value is -1.46. The van der Waals surface area contributed by atoms with Crippen LogP contribution in [-0.2, 0) is 6.54 Å². The molecular weight excluding hydrogens is 244 g/mol. The van der Waals surface area contributed by atoms with E-state index in [0.717, 1.165) is 22.0 Å². The molecule has 3 N–H and O–H groups in total. The van der Waals surface area contributed by atoms with E-state index < -0.39 is 0 Å². The van der Waals surface area contributed by atoms with Crippen LogP contribution >= 0.6 is 11.3 Å². The molecule has 1 aliphatic rings. The van der Waals surface area contributed by atoms with Gasteiger partial charge in [0.05, 0.1) is 10.7 Å². The molecule has 0 bridgehead atoms. The molecule has 5 heteroatoms. The van der Waals surface area contributed by atoms with Gasteiger partial charge >= 0.3 is 0 Å². The monoisotopic (exact) mass is 260 g/mol. The number of pyridine rings is 1. The molecule has 0 saturated heterocycles. The molecule has 94 valence electrons. The van der Waals surface area contributed by atoms with Crippen LogP contribution in [0.25, 0.3) is 11.4 Å². The number of nitrogens with two attached hydrogens (primary N) is 1. The van der Waals surface area contributed by atoms with E-state index >= 15 is 0 Å². The van der Waals surface area contributed by atoms with Gasteiger partial charge in [0.1, 0.15) is 10.7 Å². The van der Waals surface area contributed by atoms with E-state index in [1.165, 1.54) is 17.8 Å². The van der Waals surface area contributed by atoms with E-state index in [1.807, 2.05) is 25.4 Å². The summed E-state index contributed by atoms with van der Waals surface area (Å²) in [5.41, 5.74) is 8.51. The summed E-state index contributed by atoms with van der Waals surface area (Å²) in [5.74, 6) is 0.680. The lowest BCUT2D eigenvalue weighted by atomic mass is 10.2. The first-order chi connectivity index (χ1) is 8.81. The Morgan fingerprint density at radius 3 is 2.83 bits per heavy atom. The molecule has 0 unspecified atom stereocenters. The Morgan fingerprint density at radius 2 is 2.28 bits per heavy atom. The van der Waals surface area contributed by atoms with Gasteiger partial charge in [-0.15, -0.1) is 11.3 Å². The molecule has 3 rings (SSSR count). The van der Waals surface area contributed by atoms with Crippen LogP contribution < -0.4 is 11.1 Å². The number of rotatable bonds is 4. The number of thiazole rings is 1. The number of anilines is 1. The Kier molecular flexibility index (Phi) is 3.01. The third-order valence-electron chi connectivity index (χ3n) is 3.10. The Morgan fingerprint density at radius 1 is 1.44 bits per heavy atom. The van der Waals surface area contributed by atoms with Crippen molar-refractivity contribution in [3.63, 3.8) is 0 Å². The summed E-state index contributed by atoms with van der Waals surface area (Å²) >= 11 is 1.75. The van der Waals surface area contributed by atoms with E-state index in [-0.39, 0.29) is 0 Å². The minimum Gasteiger partial charge on any atom is -0.378 e. The molecule has 2 aromatic rings. The van der Waals surface area contributed by atoms with E-state index in [0.29, 0.717) is 12.5 Å². The Bertz CT molecular complexity index is 543. The predicted octanol–water partition coefficient (Wildman–Crippen LogP) is 2.58. The zero-order chi connectivity index (χ0) is 12.5. The second-order valence-electron chi connectivity index (χ2n) is 4.51. The van der Waals surface area contributed by atoms with Crippen LogP contribution in [0.2, 0.25) is 0 Å². The van der Waals surface area contributed by atoms with Gasteiger partial charge in [0.2, 0.25) is 0 Å². The number of hydrogen-bond acceptors (Lipinski definition) is 5. The minimum atomic E-state index is 0.524. The van der Waals surface area contributed by atoms with Crippen molar-refractivity contribution in [2.45, 2.75) is 25.3 Å². The summed E-state index contributed by atoms with van der Waals surface area (Å²) in [7, 11) is 1.93. The van der Waals surface area contributed by atoms with E-state index in [2.05, 4.69) is 10.3 Å². The van der Waals surface area contributed by atoms with Crippen LogP contribution in [0.5, 0.6) is 0 Å². The maximum atomic E-state index is 5.58. The molecule has 18 heavy (non-hydrogen) atoms. The highest BCUT2D eigenvalue weighted by atomic mass is 32.1. The molecule has 0 aliphatic heterocycles. The van der Waals surface area contributed by atoms with Gasteiger partial charge in [0.15, 0.2) is 0 Å². The molecule has 1 aliphatic carbocycles. The van der Waals surface area contributed by atoms with Gasteiger partial charge in [-0.05, 0) is 24.5 Å². The molecule has 4 nitrogen and oxygen atoms in total. The number of hydrogen-bond donors (Lipinski definition) is 2. The molecular formula is C13H16N4S. The van der Waals surface area contributed by atoms with Crippen molar-refractivity contribution >= 4 is 16.3 Å². The highest BCUT2D eigenvalue weighted by molar-refractivity contribution is 7.16. The zero-order valence-corrected chi connectivity index (χ0v) is 11.1. The van der Waals surface area contributed by atoms with Crippen LogP contribution in [-0.4, -0.2) is 17.0 Å². The average Bonchev–Trinajstić information content (AvgIpc) is 3.18. The van der Waals surface area contributed by atoms with Crippen molar-refractivity contribution in [2.24, 2.45) is 5.73 Å². The van der Waals surface area contributed by atoms with Gasteiger partial charge in [-0.1, -0.05) is 6.07 Å². The van der Waals surface area contributed by atoms with Gasteiger partial charge in [0, 0.05) is 25.7 Å². The van der Waals surface area contributed by atoms with Crippen molar-refractivity contribution in [1.29, 1.82) is 0 Å². The topological polar surface area (TPSA) is 63.8 Å². The standard InChI is InChI=1S/C13H16N4S/c1-15-13-11(17-12(18-13)9-3-4-9)10-5-2-8(6-14)7-16-10/h2,5,7,9,15H,3-4,6,14H2,1H3.